The minimum Gasteiger partial charge on any atom is -0.383 e. The van der Waals surface area contributed by atoms with Gasteiger partial charge in [0.05, 0.1) is 11.8 Å². The molecule has 0 unspecified atom stereocenters. The highest BCUT2D eigenvalue weighted by Gasteiger charge is 2.28. The van der Waals surface area contributed by atoms with Gasteiger partial charge < -0.3 is 21.3 Å². The first kappa shape index (κ1) is 21.4. The van der Waals surface area contributed by atoms with Gasteiger partial charge in [0.1, 0.15) is 5.82 Å². The number of anilines is 2. The van der Waals surface area contributed by atoms with E-state index in [-0.39, 0.29) is 23.8 Å². The number of urea groups is 1. The van der Waals surface area contributed by atoms with Crippen LogP contribution in [0.2, 0.25) is 0 Å². The highest BCUT2D eigenvalue weighted by molar-refractivity contribution is 5.99. The van der Waals surface area contributed by atoms with Crippen molar-refractivity contribution in [3.8, 4) is 11.1 Å². The lowest BCUT2D eigenvalue weighted by molar-refractivity contribution is 0.0938. The standard InChI is InChI=1S/C23H27N7O2/c1-14-6-15(2)8-19(7-14)28-23(32)30-5-4-18(13-30)27-22(31)20-9-16(10-25-21(20)24)17-11-26-29(3)12-17/h6-12,18H,4-5,13H2,1-3H3,(H2,24,25)(H,27,31)(H,28,32)/t18-/m1/s1. The van der Waals surface area contributed by atoms with E-state index in [9.17, 15) is 9.59 Å². The van der Waals surface area contributed by atoms with Gasteiger partial charge in [-0.15, -0.1) is 0 Å². The maximum Gasteiger partial charge on any atom is 0.321 e. The number of pyridine rings is 1. The molecule has 1 atom stereocenters. The van der Waals surface area contributed by atoms with E-state index in [1.54, 1.807) is 28.0 Å². The number of hydrogen-bond acceptors (Lipinski definition) is 5. The SMILES string of the molecule is Cc1cc(C)cc(NC(=O)N2CC[C@@H](NC(=O)c3cc(-c4cnn(C)c4)cnc3N)C2)c1. The average molecular weight is 434 g/mol. The fourth-order valence-corrected chi connectivity index (χ4v) is 3.96. The minimum atomic E-state index is -0.303. The third kappa shape index (κ3) is 4.72. The Hall–Kier alpha value is -3.88. The van der Waals surface area contributed by atoms with Crippen LogP contribution >= 0.6 is 0 Å². The van der Waals surface area contributed by atoms with Gasteiger partial charge in [0.15, 0.2) is 0 Å². The first-order valence-corrected chi connectivity index (χ1v) is 10.5. The van der Waals surface area contributed by atoms with Crippen LogP contribution in [0.4, 0.5) is 16.3 Å². The maximum absolute atomic E-state index is 12.9. The normalized spacial score (nSPS) is 15.6. The van der Waals surface area contributed by atoms with Gasteiger partial charge in [-0.05, 0) is 49.6 Å². The minimum absolute atomic E-state index is 0.158. The fraction of sp³-hybridized carbons (Fsp3) is 0.304. The van der Waals surface area contributed by atoms with Crippen molar-refractivity contribution in [3.63, 3.8) is 0 Å². The van der Waals surface area contributed by atoms with E-state index in [4.69, 9.17) is 5.73 Å². The monoisotopic (exact) mass is 433 g/mol. The van der Waals surface area contributed by atoms with Crippen LogP contribution in [0.3, 0.4) is 0 Å². The van der Waals surface area contributed by atoms with E-state index in [1.807, 2.05) is 39.2 Å². The Morgan fingerprint density at radius 2 is 1.84 bits per heavy atom. The molecule has 0 saturated carbocycles. The molecule has 0 bridgehead atoms. The molecule has 9 heteroatoms. The number of hydrogen-bond donors (Lipinski definition) is 3. The molecule has 4 rings (SSSR count). The Morgan fingerprint density at radius 1 is 1.09 bits per heavy atom. The Morgan fingerprint density at radius 3 is 2.53 bits per heavy atom. The van der Waals surface area contributed by atoms with E-state index in [0.29, 0.717) is 25.1 Å². The average Bonchev–Trinajstić information content (AvgIpc) is 3.36. The van der Waals surface area contributed by atoms with Gasteiger partial charge in [-0.3, -0.25) is 9.48 Å². The van der Waals surface area contributed by atoms with Crippen LogP contribution in [0.15, 0.2) is 42.9 Å². The van der Waals surface area contributed by atoms with E-state index in [2.05, 4.69) is 26.8 Å². The first-order valence-electron chi connectivity index (χ1n) is 10.5. The van der Waals surface area contributed by atoms with Crippen molar-refractivity contribution in [2.45, 2.75) is 26.3 Å². The van der Waals surface area contributed by atoms with E-state index < -0.39 is 0 Å². The van der Waals surface area contributed by atoms with Crippen molar-refractivity contribution < 1.29 is 9.59 Å². The summed E-state index contributed by atoms with van der Waals surface area (Å²) in [6.45, 7) is 4.98. The number of aryl methyl sites for hydroxylation is 3. The van der Waals surface area contributed by atoms with E-state index >= 15 is 0 Å². The number of aromatic nitrogens is 3. The molecule has 1 aromatic carbocycles. The third-order valence-electron chi connectivity index (χ3n) is 5.48. The van der Waals surface area contributed by atoms with Gasteiger partial charge in [-0.1, -0.05) is 6.07 Å². The lowest BCUT2D eigenvalue weighted by Gasteiger charge is -2.18. The molecule has 4 N–H and O–H groups in total. The summed E-state index contributed by atoms with van der Waals surface area (Å²) in [5.74, 6) is -0.139. The number of carbonyl (C=O) groups excluding carboxylic acids is 2. The molecule has 3 amide bonds. The second-order valence-corrected chi connectivity index (χ2v) is 8.27. The molecule has 0 aliphatic carbocycles. The van der Waals surface area contributed by atoms with E-state index in [0.717, 1.165) is 27.9 Å². The Bertz CT molecular complexity index is 1150. The van der Waals surface area contributed by atoms with Crippen LogP contribution in [0.5, 0.6) is 0 Å². The highest BCUT2D eigenvalue weighted by Crippen LogP contribution is 2.22. The maximum atomic E-state index is 12.9. The number of nitrogens with two attached hydrogens (primary N) is 1. The zero-order valence-electron chi connectivity index (χ0n) is 18.4. The summed E-state index contributed by atoms with van der Waals surface area (Å²) >= 11 is 0. The number of benzene rings is 1. The summed E-state index contributed by atoms with van der Waals surface area (Å²) in [5.41, 5.74) is 10.8. The van der Waals surface area contributed by atoms with Gasteiger partial charge in [0.2, 0.25) is 0 Å². The molecule has 3 heterocycles. The van der Waals surface area contributed by atoms with Crippen molar-refractivity contribution in [1.82, 2.24) is 25.0 Å². The number of nitrogens with zero attached hydrogens (tertiary/aromatic N) is 4. The molecule has 1 aliphatic heterocycles. The largest absolute Gasteiger partial charge is 0.383 e. The molecule has 0 radical (unpaired) electrons. The van der Waals surface area contributed by atoms with Crippen LogP contribution in [0, 0.1) is 13.8 Å². The Kier molecular flexibility index (Phi) is 5.81. The number of likely N-dealkylation sites (tertiary alicyclic amines) is 1. The summed E-state index contributed by atoms with van der Waals surface area (Å²) in [6, 6.07) is 7.31. The number of nitrogen functional groups attached to an aromatic ring is 1. The molecule has 3 aromatic rings. The molecular weight excluding hydrogens is 406 g/mol. The van der Waals surface area contributed by atoms with Crippen molar-refractivity contribution in [3.05, 3.63) is 59.5 Å². The van der Waals surface area contributed by atoms with Crippen molar-refractivity contribution in [1.29, 1.82) is 0 Å². The summed E-state index contributed by atoms with van der Waals surface area (Å²) in [5, 5.41) is 10.1. The molecule has 0 spiro atoms. The summed E-state index contributed by atoms with van der Waals surface area (Å²) < 4.78 is 1.68. The molecular formula is C23H27N7O2. The predicted octanol–water partition coefficient (Wildman–Crippen LogP) is 2.72. The number of amides is 3. The molecule has 32 heavy (non-hydrogen) atoms. The molecule has 2 aromatic heterocycles. The quantitative estimate of drug-likeness (QED) is 0.585. The van der Waals surface area contributed by atoms with Crippen LogP contribution in [-0.4, -0.2) is 50.7 Å². The summed E-state index contributed by atoms with van der Waals surface area (Å²) in [6.07, 6.45) is 5.84. The Balaban J connectivity index is 1.39. The number of nitrogens with one attached hydrogen (secondary N) is 2. The molecule has 1 saturated heterocycles. The topological polar surface area (TPSA) is 118 Å². The van der Waals surface area contributed by atoms with E-state index in [1.165, 1.54) is 0 Å². The second kappa shape index (κ2) is 8.70. The van der Waals surface area contributed by atoms with Gasteiger partial charge in [0, 0.05) is 55.4 Å². The summed E-state index contributed by atoms with van der Waals surface area (Å²) in [7, 11) is 1.82. The van der Waals surface area contributed by atoms with Crippen LogP contribution in [-0.2, 0) is 7.05 Å². The molecule has 9 nitrogen and oxygen atoms in total. The molecule has 166 valence electrons. The third-order valence-corrected chi connectivity index (χ3v) is 5.48. The Labute approximate surface area is 186 Å². The molecule has 1 fully saturated rings. The van der Waals surface area contributed by atoms with Crippen molar-refractivity contribution in [2.24, 2.45) is 7.05 Å². The summed E-state index contributed by atoms with van der Waals surface area (Å²) in [4.78, 5) is 31.4. The fourth-order valence-electron chi connectivity index (χ4n) is 3.96. The highest BCUT2D eigenvalue weighted by atomic mass is 16.2. The van der Waals surface area contributed by atoms with Gasteiger partial charge in [0.25, 0.3) is 5.91 Å². The lowest BCUT2D eigenvalue weighted by atomic mass is 10.1. The van der Waals surface area contributed by atoms with Crippen molar-refractivity contribution in [2.75, 3.05) is 24.1 Å². The van der Waals surface area contributed by atoms with Crippen LogP contribution in [0.1, 0.15) is 27.9 Å². The second-order valence-electron chi connectivity index (χ2n) is 8.27. The molecule has 1 aliphatic rings. The van der Waals surface area contributed by atoms with Crippen LogP contribution in [0.25, 0.3) is 11.1 Å². The van der Waals surface area contributed by atoms with Gasteiger partial charge >= 0.3 is 6.03 Å². The predicted molar refractivity (Wildman–Crippen MR) is 123 cm³/mol. The lowest BCUT2D eigenvalue weighted by Crippen LogP contribution is -2.40. The zero-order chi connectivity index (χ0) is 22.8. The first-order chi connectivity index (χ1) is 15.3. The number of rotatable bonds is 4. The van der Waals surface area contributed by atoms with Gasteiger partial charge in [-0.2, -0.15) is 5.10 Å². The van der Waals surface area contributed by atoms with Crippen molar-refractivity contribution >= 4 is 23.4 Å². The van der Waals surface area contributed by atoms with Gasteiger partial charge in [-0.25, -0.2) is 9.78 Å². The van der Waals surface area contributed by atoms with Crippen LogP contribution < -0.4 is 16.4 Å². The zero-order valence-corrected chi connectivity index (χ0v) is 18.4. The smallest absolute Gasteiger partial charge is 0.321 e. The number of carbonyl (C=O) groups is 2.